The molecule has 1 saturated heterocycles. The SMILES string of the molecule is CC(C)c1cccn([C@@H](CC2CC2)C(=O)N[C@@H](C[C@@H]2CCNC2=O)C(=O)C(=O)NCc2ccccc2)c1=O. The van der Waals surface area contributed by atoms with Gasteiger partial charge < -0.3 is 20.5 Å². The lowest BCUT2D eigenvalue weighted by molar-refractivity contribution is -0.141. The van der Waals surface area contributed by atoms with Gasteiger partial charge in [0, 0.05) is 30.8 Å². The van der Waals surface area contributed by atoms with E-state index < -0.39 is 35.6 Å². The highest BCUT2D eigenvalue weighted by Gasteiger charge is 2.37. The molecule has 4 rings (SSSR count). The van der Waals surface area contributed by atoms with E-state index in [2.05, 4.69) is 16.0 Å². The minimum absolute atomic E-state index is 0.0110. The molecular weight excluding hydrogens is 484 g/mol. The second-order valence-corrected chi connectivity index (χ2v) is 10.6. The second-order valence-electron chi connectivity index (χ2n) is 10.6. The minimum Gasteiger partial charge on any atom is -0.356 e. The molecule has 2 heterocycles. The fraction of sp³-hybridized carbons (Fsp3) is 0.483. The van der Waals surface area contributed by atoms with Crippen LogP contribution < -0.4 is 21.5 Å². The Kier molecular flexibility index (Phi) is 8.76. The third-order valence-corrected chi connectivity index (χ3v) is 7.35. The third kappa shape index (κ3) is 6.76. The second kappa shape index (κ2) is 12.2. The van der Waals surface area contributed by atoms with Crippen molar-refractivity contribution in [2.24, 2.45) is 11.8 Å². The van der Waals surface area contributed by atoms with Crippen LogP contribution in [0.15, 0.2) is 53.5 Å². The lowest BCUT2D eigenvalue weighted by atomic mass is 9.94. The smallest absolute Gasteiger partial charge is 0.289 e. The fourth-order valence-corrected chi connectivity index (χ4v) is 4.91. The highest BCUT2D eigenvalue weighted by molar-refractivity contribution is 6.38. The van der Waals surface area contributed by atoms with Gasteiger partial charge in [-0.05, 0) is 42.7 Å². The molecule has 3 amide bonds. The standard InChI is InChI=1S/C29H36N4O5/c1-18(2)22-9-6-14-33(29(22)38)24(15-19-10-11-19)27(36)32-23(16-21-12-13-30-26(21)35)25(34)28(37)31-17-20-7-4-3-5-8-20/h3-9,14,18-19,21,23-24H,10-13,15-17H2,1-2H3,(H,30,35)(H,31,37)(H,32,36)/t21-,23-,24-/m0/s1. The Hall–Kier alpha value is -3.75. The van der Waals surface area contributed by atoms with Crippen LogP contribution in [0, 0.1) is 11.8 Å². The maximum Gasteiger partial charge on any atom is 0.289 e. The third-order valence-electron chi connectivity index (χ3n) is 7.35. The average molecular weight is 521 g/mol. The van der Waals surface area contributed by atoms with Crippen molar-refractivity contribution in [2.45, 2.75) is 70.5 Å². The molecule has 9 nitrogen and oxygen atoms in total. The van der Waals surface area contributed by atoms with Crippen LogP contribution in [0.2, 0.25) is 0 Å². The first-order chi connectivity index (χ1) is 18.2. The number of ketones is 1. The van der Waals surface area contributed by atoms with E-state index in [9.17, 15) is 24.0 Å². The van der Waals surface area contributed by atoms with Gasteiger partial charge in [0.05, 0.1) is 6.04 Å². The largest absolute Gasteiger partial charge is 0.356 e. The number of benzene rings is 1. The van der Waals surface area contributed by atoms with E-state index in [4.69, 9.17) is 0 Å². The molecule has 9 heteroatoms. The number of carbonyl (C=O) groups excluding carboxylic acids is 4. The van der Waals surface area contributed by atoms with Crippen LogP contribution in [0.25, 0.3) is 0 Å². The van der Waals surface area contributed by atoms with Crippen molar-refractivity contribution < 1.29 is 19.2 Å². The predicted molar refractivity (Wildman–Crippen MR) is 142 cm³/mol. The summed E-state index contributed by atoms with van der Waals surface area (Å²) in [5, 5.41) is 8.13. The summed E-state index contributed by atoms with van der Waals surface area (Å²) >= 11 is 0. The molecule has 1 aromatic heterocycles. The molecular formula is C29H36N4O5. The molecule has 1 aliphatic carbocycles. The number of rotatable bonds is 12. The Morgan fingerprint density at radius 1 is 1.00 bits per heavy atom. The molecule has 2 aliphatic rings. The van der Waals surface area contributed by atoms with E-state index in [1.165, 1.54) is 4.57 Å². The maximum absolute atomic E-state index is 13.7. The molecule has 1 saturated carbocycles. The average Bonchev–Trinajstić information content (AvgIpc) is 3.65. The van der Waals surface area contributed by atoms with Gasteiger partial charge in [-0.3, -0.25) is 24.0 Å². The van der Waals surface area contributed by atoms with Gasteiger partial charge in [-0.2, -0.15) is 0 Å². The molecule has 3 N–H and O–H groups in total. The number of hydrogen-bond acceptors (Lipinski definition) is 5. The Bertz CT molecular complexity index is 1240. The topological polar surface area (TPSA) is 126 Å². The molecule has 2 aromatic rings. The quantitative estimate of drug-likeness (QED) is 0.370. The number of hydrogen-bond donors (Lipinski definition) is 3. The number of aromatic nitrogens is 1. The van der Waals surface area contributed by atoms with E-state index in [1.54, 1.807) is 18.3 Å². The number of nitrogens with zero attached hydrogens (tertiary/aromatic N) is 1. The van der Waals surface area contributed by atoms with Crippen LogP contribution in [0.5, 0.6) is 0 Å². The summed E-state index contributed by atoms with van der Waals surface area (Å²) in [5.41, 5.74) is 1.21. The van der Waals surface area contributed by atoms with Crippen LogP contribution >= 0.6 is 0 Å². The number of Topliss-reactive ketones (excluding diaryl/α,β-unsaturated/α-hetero) is 1. The Morgan fingerprint density at radius 2 is 1.74 bits per heavy atom. The van der Waals surface area contributed by atoms with Crippen molar-refractivity contribution in [2.75, 3.05) is 6.54 Å². The maximum atomic E-state index is 13.7. The van der Waals surface area contributed by atoms with Crippen molar-refractivity contribution in [3.8, 4) is 0 Å². The summed E-state index contributed by atoms with van der Waals surface area (Å²) in [5.74, 6) is -2.49. The summed E-state index contributed by atoms with van der Waals surface area (Å²) in [6.45, 7) is 4.50. The van der Waals surface area contributed by atoms with Gasteiger partial charge in [0.1, 0.15) is 6.04 Å². The number of amides is 3. The van der Waals surface area contributed by atoms with E-state index in [0.29, 0.717) is 30.9 Å². The molecule has 2 fully saturated rings. The molecule has 3 atom stereocenters. The van der Waals surface area contributed by atoms with Crippen molar-refractivity contribution in [3.63, 3.8) is 0 Å². The first kappa shape index (κ1) is 27.3. The molecule has 0 unspecified atom stereocenters. The fourth-order valence-electron chi connectivity index (χ4n) is 4.91. The van der Waals surface area contributed by atoms with E-state index in [0.717, 1.165) is 18.4 Å². The highest BCUT2D eigenvalue weighted by Crippen LogP contribution is 2.37. The summed E-state index contributed by atoms with van der Waals surface area (Å²) in [6, 6.07) is 10.7. The van der Waals surface area contributed by atoms with Crippen LogP contribution in [0.1, 0.15) is 69.0 Å². The Labute approximate surface area is 222 Å². The van der Waals surface area contributed by atoms with Gasteiger partial charge in [-0.15, -0.1) is 0 Å². The van der Waals surface area contributed by atoms with Gasteiger partial charge >= 0.3 is 0 Å². The van der Waals surface area contributed by atoms with Crippen LogP contribution in [-0.2, 0) is 25.7 Å². The van der Waals surface area contributed by atoms with E-state index >= 15 is 0 Å². The molecule has 202 valence electrons. The molecule has 1 aliphatic heterocycles. The van der Waals surface area contributed by atoms with Crippen molar-refractivity contribution in [1.29, 1.82) is 0 Å². The molecule has 1 aromatic carbocycles. The highest BCUT2D eigenvalue weighted by atomic mass is 16.2. The normalized spacial score (nSPS) is 18.5. The van der Waals surface area contributed by atoms with Gasteiger partial charge in [-0.25, -0.2) is 0 Å². The predicted octanol–water partition coefficient (Wildman–Crippen LogP) is 2.21. The lowest BCUT2D eigenvalue weighted by Gasteiger charge is -2.25. The molecule has 0 spiro atoms. The summed E-state index contributed by atoms with van der Waals surface area (Å²) < 4.78 is 1.45. The zero-order valence-electron chi connectivity index (χ0n) is 21.9. The minimum atomic E-state index is -1.18. The van der Waals surface area contributed by atoms with Crippen LogP contribution in [0.3, 0.4) is 0 Å². The van der Waals surface area contributed by atoms with Crippen molar-refractivity contribution >= 4 is 23.5 Å². The van der Waals surface area contributed by atoms with Crippen LogP contribution in [-0.4, -0.2) is 40.7 Å². The molecule has 0 radical (unpaired) electrons. The zero-order chi connectivity index (χ0) is 27.2. The summed E-state index contributed by atoms with van der Waals surface area (Å²) in [4.78, 5) is 65.3. The molecule has 38 heavy (non-hydrogen) atoms. The zero-order valence-corrected chi connectivity index (χ0v) is 21.9. The summed E-state index contributed by atoms with van der Waals surface area (Å²) in [7, 11) is 0. The molecule has 0 bridgehead atoms. The summed E-state index contributed by atoms with van der Waals surface area (Å²) in [6.07, 6.45) is 4.58. The Morgan fingerprint density at radius 3 is 2.37 bits per heavy atom. The Balaban J connectivity index is 1.55. The number of nitrogens with one attached hydrogen (secondary N) is 3. The van der Waals surface area contributed by atoms with Gasteiger partial charge in [0.15, 0.2) is 0 Å². The van der Waals surface area contributed by atoms with Gasteiger partial charge in [-0.1, -0.05) is 63.1 Å². The van der Waals surface area contributed by atoms with Crippen molar-refractivity contribution in [3.05, 3.63) is 70.1 Å². The van der Waals surface area contributed by atoms with Crippen LogP contribution in [0.4, 0.5) is 0 Å². The van der Waals surface area contributed by atoms with Gasteiger partial charge in [0.2, 0.25) is 17.6 Å². The number of pyridine rings is 1. The monoisotopic (exact) mass is 520 g/mol. The van der Waals surface area contributed by atoms with Crippen molar-refractivity contribution in [1.82, 2.24) is 20.5 Å². The van der Waals surface area contributed by atoms with E-state index in [1.807, 2.05) is 44.2 Å². The van der Waals surface area contributed by atoms with E-state index in [-0.39, 0.29) is 30.3 Å². The first-order valence-corrected chi connectivity index (χ1v) is 13.4. The van der Waals surface area contributed by atoms with Gasteiger partial charge in [0.25, 0.3) is 11.5 Å². The lowest BCUT2D eigenvalue weighted by Crippen LogP contribution is -2.51. The first-order valence-electron chi connectivity index (χ1n) is 13.4. The number of carbonyl (C=O) groups is 4.